The molecule has 0 heterocycles. The van der Waals surface area contributed by atoms with Gasteiger partial charge >= 0.3 is 0 Å². The summed E-state index contributed by atoms with van der Waals surface area (Å²) in [6, 6.07) is 0. The lowest BCUT2D eigenvalue weighted by Crippen LogP contribution is -2.24. The molecule has 0 aromatic carbocycles. The van der Waals surface area contributed by atoms with E-state index >= 15 is 0 Å². The predicted octanol–water partition coefficient (Wildman–Crippen LogP) is 18.4. The van der Waals surface area contributed by atoms with E-state index in [1.807, 2.05) is 0 Å². The number of rotatable bonds is 8. The summed E-state index contributed by atoms with van der Waals surface area (Å²) in [5, 5.41) is 0. The van der Waals surface area contributed by atoms with E-state index in [1.165, 1.54) is 38.5 Å². The fraction of sp³-hybridized carbons (Fsp3) is 1.00. The highest BCUT2D eigenvalue weighted by molar-refractivity contribution is 4.82. The fourth-order valence-corrected chi connectivity index (χ4v) is 8.57. The van der Waals surface area contributed by atoms with Gasteiger partial charge in [-0.05, 0) is 66.6 Å². The van der Waals surface area contributed by atoms with Crippen LogP contribution in [0, 0.1) is 47.3 Å². The van der Waals surface area contributed by atoms with Gasteiger partial charge in [0.2, 0.25) is 0 Å². The van der Waals surface area contributed by atoms with Crippen LogP contribution < -0.4 is 0 Å². The third-order valence-electron chi connectivity index (χ3n) is 11.0. The fourth-order valence-electron chi connectivity index (χ4n) is 8.57. The Morgan fingerprint density at radius 1 is 0.234 bits per heavy atom. The summed E-state index contributed by atoms with van der Waals surface area (Å²) in [7, 11) is 0. The Hall–Kier alpha value is 0. The molecule has 0 heteroatoms. The van der Waals surface area contributed by atoms with Gasteiger partial charge in [-0.15, -0.1) is 0 Å². The van der Waals surface area contributed by atoms with E-state index in [1.54, 1.807) is 122 Å². The molecule has 4 fully saturated rings. The van der Waals surface area contributed by atoms with E-state index in [0.717, 1.165) is 47.3 Å². The largest absolute Gasteiger partial charge is 0.0776 e. The van der Waals surface area contributed by atoms with Gasteiger partial charge in [-0.25, -0.2) is 0 Å². The molecular weight excluding hydrogens is 565 g/mol. The van der Waals surface area contributed by atoms with Gasteiger partial charge in [-0.3, -0.25) is 0 Å². The zero-order valence-electron chi connectivity index (χ0n) is 32.3. The van der Waals surface area contributed by atoms with Gasteiger partial charge < -0.3 is 0 Å². The summed E-state index contributed by atoms with van der Waals surface area (Å²) in [5.41, 5.74) is 0. The molecule has 47 heavy (non-hydrogen) atoms. The van der Waals surface area contributed by atoms with E-state index in [0.29, 0.717) is 0 Å². The number of hydrogen-bond donors (Lipinski definition) is 0. The first-order valence-electron chi connectivity index (χ1n) is 20.9. The van der Waals surface area contributed by atoms with Gasteiger partial charge in [0.15, 0.2) is 0 Å². The van der Waals surface area contributed by atoms with Gasteiger partial charge in [0.05, 0.1) is 0 Å². The molecule has 4 aliphatic carbocycles. The van der Waals surface area contributed by atoms with Crippen molar-refractivity contribution in [3.8, 4) is 0 Å². The van der Waals surface area contributed by atoms with Crippen LogP contribution in [-0.4, -0.2) is 0 Å². The Kier molecular flexibility index (Phi) is 46.5. The normalized spacial score (nSPS) is 29.5. The van der Waals surface area contributed by atoms with Gasteiger partial charge in [0.1, 0.15) is 0 Å². The Balaban J connectivity index is -0.000000323. The summed E-state index contributed by atoms with van der Waals surface area (Å²) in [6.45, 7) is 21.8. The van der Waals surface area contributed by atoms with Crippen LogP contribution in [0.25, 0.3) is 0 Å². The van der Waals surface area contributed by atoms with Gasteiger partial charge in [0.25, 0.3) is 0 Å². The van der Waals surface area contributed by atoms with Crippen molar-refractivity contribution in [1.82, 2.24) is 0 Å². The van der Waals surface area contributed by atoms with E-state index in [2.05, 4.69) is 69.2 Å². The quantitative estimate of drug-likeness (QED) is 0.241. The van der Waals surface area contributed by atoms with Crippen molar-refractivity contribution in [1.29, 1.82) is 0 Å². The summed E-state index contributed by atoms with van der Waals surface area (Å²) in [6.07, 6.45) is 37.7. The van der Waals surface area contributed by atoms with Crippen molar-refractivity contribution < 1.29 is 0 Å². The SMILES string of the molecule is C.C.C.C.CCC.CCC.CCC.CCC.CCC1CCC(CC2CCC(CC3CCC(CC4CCC(CC)CC4)CC3)CC2)CC1. The lowest BCUT2D eigenvalue weighted by molar-refractivity contribution is 0.152. The first kappa shape index (κ1) is 56.4. The molecule has 0 N–H and O–H groups in total. The molecule has 0 aromatic heterocycles. The lowest BCUT2D eigenvalue weighted by Gasteiger charge is -2.37. The molecular formula is C47H104. The molecule has 0 unspecified atom stereocenters. The highest BCUT2D eigenvalue weighted by Gasteiger charge is 2.30. The Bertz CT molecular complexity index is 466. The van der Waals surface area contributed by atoms with Crippen molar-refractivity contribution in [2.45, 2.75) is 259 Å². The van der Waals surface area contributed by atoms with Gasteiger partial charge in [-0.1, -0.05) is 240 Å². The third-order valence-corrected chi connectivity index (χ3v) is 11.0. The summed E-state index contributed by atoms with van der Waals surface area (Å²) < 4.78 is 0. The summed E-state index contributed by atoms with van der Waals surface area (Å²) in [4.78, 5) is 0. The second-order valence-electron chi connectivity index (χ2n) is 15.9. The Morgan fingerprint density at radius 3 is 0.447 bits per heavy atom. The molecule has 0 bridgehead atoms. The maximum absolute atomic E-state index is 2.40. The van der Waals surface area contributed by atoms with Crippen molar-refractivity contribution >= 4 is 0 Å². The average molecular weight is 669 g/mol. The second-order valence-corrected chi connectivity index (χ2v) is 15.9. The Morgan fingerprint density at radius 2 is 0.340 bits per heavy atom. The van der Waals surface area contributed by atoms with Crippen LogP contribution in [0.15, 0.2) is 0 Å². The standard InChI is InChI=1S/C31H56.4C3H8.4CH4/c1-3-24-5-9-26(10-6-24)21-28-13-17-30(18-14-28)23-31-19-15-29(16-20-31)22-27-11-7-25(4-2)8-12-27;4*1-3-2;;;;/h24-31H,3-23H2,1-2H3;4*3H2,1-2H3;4*1H4. The molecule has 0 aromatic rings. The van der Waals surface area contributed by atoms with Crippen molar-refractivity contribution in [2.24, 2.45) is 47.3 Å². The topological polar surface area (TPSA) is 0 Å². The van der Waals surface area contributed by atoms with Gasteiger partial charge in [0, 0.05) is 0 Å². The predicted molar refractivity (Wildman–Crippen MR) is 227 cm³/mol. The van der Waals surface area contributed by atoms with Crippen molar-refractivity contribution in [2.75, 3.05) is 0 Å². The van der Waals surface area contributed by atoms with Crippen LogP contribution in [-0.2, 0) is 0 Å². The monoisotopic (exact) mass is 669 g/mol. The van der Waals surface area contributed by atoms with E-state index in [4.69, 9.17) is 0 Å². The maximum atomic E-state index is 2.40. The molecule has 0 amide bonds. The molecule has 292 valence electrons. The van der Waals surface area contributed by atoms with Crippen LogP contribution in [0.1, 0.15) is 259 Å². The molecule has 0 atom stereocenters. The third kappa shape index (κ3) is 28.4. The van der Waals surface area contributed by atoms with Crippen LogP contribution in [0.4, 0.5) is 0 Å². The zero-order valence-corrected chi connectivity index (χ0v) is 32.3. The molecule has 0 aliphatic heterocycles. The molecule has 4 aliphatic rings. The molecule has 0 nitrogen and oxygen atoms in total. The molecule has 0 radical (unpaired) electrons. The van der Waals surface area contributed by atoms with Crippen LogP contribution in [0.2, 0.25) is 0 Å². The zero-order chi connectivity index (χ0) is 32.3. The highest BCUT2D eigenvalue weighted by Crippen LogP contribution is 2.44. The molecule has 0 saturated heterocycles. The minimum atomic E-state index is 0. The first-order valence-corrected chi connectivity index (χ1v) is 20.9. The lowest BCUT2D eigenvalue weighted by atomic mass is 9.69. The highest BCUT2D eigenvalue weighted by atomic mass is 14.4. The minimum Gasteiger partial charge on any atom is -0.0776 e. The van der Waals surface area contributed by atoms with E-state index < -0.39 is 0 Å². The maximum Gasteiger partial charge on any atom is -0.0411 e. The Labute approximate surface area is 306 Å². The number of hydrogen-bond acceptors (Lipinski definition) is 0. The molecule has 0 spiro atoms. The van der Waals surface area contributed by atoms with Gasteiger partial charge in [-0.2, -0.15) is 0 Å². The summed E-state index contributed by atoms with van der Waals surface area (Å²) in [5.74, 6) is 8.71. The van der Waals surface area contributed by atoms with Crippen LogP contribution in [0.3, 0.4) is 0 Å². The smallest absolute Gasteiger partial charge is 0.0411 e. The summed E-state index contributed by atoms with van der Waals surface area (Å²) >= 11 is 0. The van der Waals surface area contributed by atoms with E-state index in [9.17, 15) is 0 Å². The first-order chi connectivity index (χ1) is 20.9. The minimum absolute atomic E-state index is 0. The van der Waals surface area contributed by atoms with Crippen molar-refractivity contribution in [3.05, 3.63) is 0 Å². The average Bonchev–Trinajstić information content (AvgIpc) is 3.02. The second kappa shape index (κ2) is 38.8. The van der Waals surface area contributed by atoms with Crippen LogP contribution in [0.5, 0.6) is 0 Å². The van der Waals surface area contributed by atoms with E-state index in [-0.39, 0.29) is 29.7 Å². The van der Waals surface area contributed by atoms with Crippen LogP contribution >= 0.6 is 0 Å². The molecule has 4 saturated carbocycles. The van der Waals surface area contributed by atoms with Crippen molar-refractivity contribution in [3.63, 3.8) is 0 Å². The molecule has 4 rings (SSSR count).